The number of rotatable bonds is 3. The van der Waals surface area contributed by atoms with Crippen molar-refractivity contribution in [1.29, 1.82) is 0 Å². The zero-order chi connectivity index (χ0) is 13.1. The fourth-order valence-electron chi connectivity index (χ4n) is 2.31. The van der Waals surface area contributed by atoms with Gasteiger partial charge >= 0.3 is 59.1 Å². The molecule has 2 nitrogen and oxygen atoms in total. The molecule has 20 heavy (non-hydrogen) atoms. The van der Waals surface area contributed by atoms with Crippen LogP contribution in [0.25, 0.3) is 0 Å². The van der Waals surface area contributed by atoms with Crippen LogP contribution in [-0.2, 0) is 0 Å². The Bertz CT molecular complexity index is 462. The van der Waals surface area contributed by atoms with Crippen LogP contribution in [-0.4, -0.2) is 0 Å². The van der Waals surface area contributed by atoms with Gasteiger partial charge in [-0.3, -0.25) is 0 Å². The summed E-state index contributed by atoms with van der Waals surface area (Å²) in [5.41, 5.74) is 2.23. The molecule has 2 rings (SSSR count). The van der Waals surface area contributed by atoms with Gasteiger partial charge in [0.15, 0.2) is 0 Å². The molecule has 0 saturated carbocycles. The quantitative estimate of drug-likeness (QED) is 0.553. The topological polar surface area (TPSA) is 46.1 Å². The van der Waals surface area contributed by atoms with Gasteiger partial charge in [0.25, 0.3) is 0 Å². The van der Waals surface area contributed by atoms with Crippen LogP contribution >= 0.6 is 0 Å². The first-order valence-electron chi connectivity index (χ1n) is 6.12. The van der Waals surface area contributed by atoms with Gasteiger partial charge in [0.1, 0.15) is 0 Å². The van der Waals surface area contributed by atoms with Crippen molar-refractivity contribution < 1.29 is 69.3 Å². The monoisotopic (exact) mass is 286 g/mol. The summed E-state index contributed by atoms with van der Waals surface area (Å²) >= 11 is 0. The Hall–Kier alpha value is 0.0400. The maximum atomic E-state index is 11.2. The second-order valence-corrected chi connectivity index (χ2v) is 4.86. The SMILES string of the molecule is CC(C)C(c1ccc([O-])cc1)c1ccc([O-])cc1.[Na+].[Na+]. The third-order valence-corrected chi connectivity index (χ3v) is 3.15. The molecule has 4 heteroatoms. The number of benzene rings is 2. The van der Waals surface area contributed by atoms with Crippen molar-refractivity contribution in [3.8, 4) is 11.5 Å². The minimum Gasteiger partial charge on any atom is -0.872 e. The molecular weight excluding hydrogens is 270 g/mol. The Kier molecular flexibility index (Phi) is 9.16. The maximum Gasteiger partial charge on any atom is 1.00 e. The first-order valence-corrected chi connectivity index (χ1v) is 6.12. The minimum atomic E-state index is 0. The predicted molar refractivity (Wildman–Crippen MR) is 68.5 cm³/mol. The third-order valence-electron chi connectivity index (χ3n) is 3.15. The van der Waals surface area contributed by atoms with Crippen LogP contribution in [0.15, 0.2) is 48.5 Å². The maximum absolute atomic E-state index is 11.2. The summed E-state index contributed by atoms with van der Waals surface area (Å²) in [5, 5.41) is 22.3. The summed E-state index contributed by atoms with van der Waals surface area (Å²) in [7, 11) is 0. The Balaban J connectivity index is 0.00000180. The molecular formula is C16H16Na2O2. The molecule has 0 aromatic heterocycles. The summed E-state index contributed by atoms with van der Waals surface area (Å²) in [6, 6.07) is 13.9. The van der Waals surface area contributed by atoms with Gasteiger partial charge in [-0.1, -0.05) is 62.4 Å². The van der Waals surface area contributed by atoms with E-state index >= 15 is 0 Å². The zero-order valence-electron chi connectivity index (χ0n) is 12.6. The third kappa shape index (κ3) is 5.10. The number of hydrogen-bond acceptors (Lipinski definition) is 2. The van der Waals surface area contributed by atoms with Crippen molar-refractivity contribution in [3.63, 3.8) is 0 Å². The van der Waals surface area contributed by atoms with Gasteiger partial charge in [0.2, 0.25) is 0 Å². The smallest absolute Gasteiger partial charge is 0.872 e. The van der Waals surface area contributed by atoms with Gasteiger partial charge in [0, 0.05) is 5.92 Å². The van der Waals surface area contributed by atoms with E-state index in [-0.39, 0.29) is 76.5 Å². The molecule has 0 aliphatic carbocycles. The molecule has 0 aliphatic rings. The van der Waals surface area contributed by atoms with Crippen molar-refractivity contribution in [2.24, 2.45) is 5.92 Å². The van der Waals surface area contributed by atoms with Crippen LogP contribution in [0, 0.1) is 5.92 Å². The van der Waals surface area contributed by atoms with Crippen LogP contribution in [0.1, 0.15) is 30.9 Å². The van der Waals surface area contributed by atoms with Gasteiger partial charge in [-0.15, -0.1) is 11.5 Å². The van der Waals surface area contributed by atoms with Crippen molar-refractivity contribution >= 4 is 0 Å². The van der Waals surface area contributed by atoms with E-state index in [0.29, 0.717) is 5.92 Å². The molecule has 0 radical (unpaired) electrons. The summed E-state index contributed by atoms with van der Waals surface area (Å²) in [6.45, 7) is 4.28. The molecule has 0 atom stereocenters. The van der Waals surface area contributed by atoms with Gasteiger partial charge in [-0.05, 0) is 17.0 Å². The molecule has 0 spiro atoms. The molecule has 0 aliphatic heterocycles. The van der Waals surface area contributed by atoms with E-state index in [1.165, 1.54) is 0 Å². The van der Waals surface area contributed by atoms with E-state index in [2.05, 4.69) is 13.8 Å². The Labute approximate surface area is 164 Å². The van der Waals surface area contributed by atoms with Crippen LogP contribution in [0.5, 0.6) is 11.5 Å². The molecule has 0 N–H and O–H groups in total. The van der Waals surface area contributed by atoms with Gasteiger partial charge in [0.05, 0.1) is 0 Å². The van der Waals surface area contributed by atoms with E-state index in [1.54, 1.807) is 24.3 Å². The first-order chi connectivity index (χ1) is 8.58. The Morgan fingerprint density at radius 2 is 0.950 bits per heavy atom. The molecule has 0 heterocycles. The van der Waals surface area contributed by atoms with Crippen LogP contribution < -0.4 is 69.3 Å². The average molecular weight is 286 g/mol. The first kappa shape index (κ1) is 20.0. The van der Waals surface area contributed by atoms with Gasteiger partial charge in [-0.2, -0.15) is 0 Å². The fourth-order valence-corrected chi connectivity index (χ4v) is 2.31. The predicted octanol–water partition coefficient (Wildman–Crippen LogP) is -3.37. The second-order valence-electron chi connectivity index (χ2n) is 4.86. The van der Waals surface area contributed by atoms with Crippen LogP contribution in [0.3, 0.4) is 0 Å². The second kappa shape index (κ2) is 9.14. The average Bonchev–Trinajstić information content (AvgIpc) is 2.34. The fraction of sp³-hybridized carbons (Fsp3) is 0.250. The number of hydrogen-bond donors (Lipinski definition) is 0. The molecule has 0 fully saturated rings. The summed E-state index contributed by atoms with van der Waals surface area (Å²) < 4.78 is 0. The summed E-state index contributed by atoms with van der Waals surface area (Å²) in [4.78, 5) is 0. The summed E-state index contributed by atoms with van der Waals surface area (Å²) in [5.74, 6) is 0.665. The van der Waals surface area contributed by atoms with E-state index in [0.717, 1.165) is 11.1 Å². The minimum absolute atomic E-state index is 0. The van der Waals surface area contributed by atoms with E-state index in [9.17, 15) is 10.2 Å². The van der Waals surface area contributed by atoms with Crippen molar-refractivity contribution in [2.75, 3.05) is 0 Å². The van der Waals surface area contributed by atoms with Crippen molar-refractivity contribution in [3.05, 3.63) is 59.7 Å². The Morgan fingerprint density at radius 1 is 0.650 bits per heavy atom. The van der Waals surface area contributed by atoms with E-state index < -0.39 is 0 Å². The standard InChI is InChI=1S/C16H18O2.2Na/c1-11(2)16(12-3-7-14(17)8-4-12)13-5-9-15(18)10-6-13;;/h3-11,16-18H,1-2H3;;/q;2*+1/p-2. The molecule has 2 aromatic carbocycles. The van der Waals surface area contributed by atoms with Gasteiger partial charge in [-0.25, -0.2) is 0 Å². The van der Waals surface area contributed by atoms with Crippen molar-refractivity contribution in [2.45, 2.75) is 19.8 Å². The molecule has 0 bridgehead atoms. The Morgan fingerprint density at radius 3 is 1.20 bits per heavy atom. The normalized spacial score (nSPS) is 10.0. The van der Waals surface area contributed by atoms with E-state index in [1.807, 2.05) is 24.3 Å². The van der Waals surface area contributed by atoms with Crippen LogP contribution in [0.4, 0.5) is 0 Å². The molecule has 2 aromatic rings. The zero-order valence-corrected chi connectivity index (χ0v) is 16.6. The molecule has 0 unspecified atom stereocenters. The molecule has 0 amide bonds. The largest absolute Gasteiger partial charge is 1.00 e. The molecule has 94 valence electrons. The van der Waals surface area contributed by atoms with Gasteiger partial charge < -0.3 is 10.2 Å². The van der Waals surface area contributed by atoms with E-state index in [4.69, 9.17) is 0 Å². The molecule has 0 saturated heterocycles. The van der Waals surface area contributed by atoms with Crippen LogP contribution in [0.2, 0.25) is 0 Å². The van der Waals surface area contributed by atoms with Crippen molar-refractivity contribution in [1.82, 2.24) is 0 Å². The summed E-state index contributed by atoms with van der Waals surface area (Å²) in [6.07, 6.45) is 0.